The van der Waals surface area contributed by atoms with Crippen LogP contribution < -0.4 is 20.7 Å². The zero-order valence-electron chi connectivity index (χ0n) is 14.6. The molecule has 4 N–H and O–H groups in total. The Labute approximate surface area is 167 Å². The van der Waals surface area contributed by atoms with Crippen LogP contribution >= 0.6 is 11.6 Å². The van der Waals surface area contributed by atoms with Crippen LogP contribution in [0.15, 0.2) is 53.9 Å². The third-order valence-corrected chi connectivity index (χ3v) is 5.72. The van der Waals surface area contributed by atoms with Crippen molar-refractivity contribution >= 4 is 50.6 Å². The van der Waals surface area contributed by atoms with Gasteiger partial charge in [-0.05, 0) is 42.0 Å². The van der Waals surface area contributed by atoms with Crippen LogP contribution in [0.1, 0.15) is 5.56 Å². The summed E-state index contributed by atoms with van der Waals surface area (Å²) in [5.74, 6) is -0.214. The van der Waals surface area contributed by atoms with Crippen LogP contribution in [0.2, 0.25) is 5.02 Å². The number of rotatable bonds is 6. The highest BCUT2D eigenvalue weighted by Gasteiger charge is 2.25. The molecule has 0 bridgehead atoms. The quantitative estimate of drug-likeness (QED) is 0.537. The maximum atomic E-state index is 12.7. The standard InChI is InChI=1S/C18H17ClN4O4S/c1-2-7-20-18(25)21-12-3-5-13(6-4-12)23-28(26,27)16-8-11-9-17(24)22-15(11)10-14(16)19/h2-6,8,10,23H,1,7,9H2,(H,22,24)(H2,20,21,25). The molecule has 0 radical (unpaired) electrons. The fourth-order valence-electron chi connectivity index (χ4n) is 2.60. The summed E-state index contributed by atoms with van der Waals surface area (Å²) in [4.78, 5) is 23.0. The topological polar surface area (TPSA) is 116 Å². The molecule has 0 aromatic heterocycles. The van der Waals surface area contributed by atoms with Crippen molar-refractivity contribution < 1.29 is 18.0 Å². The molecule has 146 valence electrons. The van der Waals surface area contributed by atoms with E-state index in [4.69, 9.17) is 11.6 Å². The normalized spacial score (nSPS) is 12.7. The number of carbonyl (C=O) groups is 2. The van der Waals surface area contributed by atoms with Crippen molar-refractivity contribution in [3.8, 4) is 0 Å². The second kappa shape index (κ2) is 7.91. The molecule has 1 heterocycles. The molecule has 1 aliphatic heterocycles. The molecule has 0 saturated heterocycles. The molecular formula is C18H17ClN4O4S. The van der Waals surface area contributed by atoms with Crippen molar-refractivity contribution in [3.05, 3.63) is 59.6 Å². The Kier molecular flexibility index (Phi) is 5.57. The maximum Gasteiger partial charge on any atom is 0.319 e. The third-order valence-electron chi connectivity index (χ3n) is 3.87. The van der Waals surface area contributed by atoms with Gasteiger partial charge in [-0.1, -0.05) is 17.7 Å². The van der Waals surface area contributed by atoms with E-state index in [0.717, 1.165) is 0 Å². The second-order valence-electron chi connectivity index (χ2n) is 5.97. The molecule has 0 aliphatic carbocycles. The van der Waals surface area contributed by atoms with E-state index in [-0.39, 0.29) is 22.2 Å². The molecule has 0 fully saturated rings. The number of anilines is 3. The number of amides is 3. The first-order valence-corrected chi connectivity index (χ1v) is 10.1. The average Bonchev–Trinajstić information content (AvgIpc) is 2.99. The van der Waals surface area contributed by atoms with E-state index < -0.39 is 16.1 Å². The Morgan fingerprint density at radius 2 is 1.89 bits per heavy atom. The Morgan fingerprint density at radius 3 is 2.57 bits per heavy atom. The van der Waals surface area contributed by atoms with Gasteiger partial charge in [0, 0.05) is 23.6 Å². The van der Waals surface area contributed by atoms with Gasteiger partial charge >= 0.3 is 6.03 Å². The highest BCUT2D eigenvalue weighted by molar-refractivity contribution is 7.92. The van der Waals surface area contributed by atoms with Gasteiger partial charge in [0.2, 0.25) is 5.91 Å². The van der Waals surface area contributed by atoms with Gasteiger partial charge in [-0.2, -0.15) is 0 Å². The SMILES string of the molecule is C=CCNC(=O)Nc1ccc(NS(=O)(=O)c2cc3c(cc2Cl)NC(=O)C3)cc1. The van der Waals surface area contributed by atoms with Gasteiger partial charge < -0.3 is 16.0 Å². The van der Waals surface area contributed by atoms with Crippen LogP contribution in [0, 0.1) is 0 Å². The molecule has 2 aromatic rings. The summed E-state index contributed by atoms with van der Waals surface area (Å²) in [5, 5.41) is 7.79. The Morgan fingerprint density at radius 1 is 1.21 bits per heavy atom. The first-order chi connectivity index (χ1) is 13.3. The lowest BCUT2D eigenvalue weighted by Crippen LogP contribution is -2.28. The lowest BCUT2D eigenvalue weighted by molar-refractivity contribution is -0.115. The number of benzene rings is 2. The molecule has 0 saturated carbocycles. The highest BCUT2D eigenvalue weighted by atomic mass is 35.5. The summed E-state index contributed by atoms with van der Waals surface area (Å²) in [6.07, 6.45) is 1.65. The minimum Gasteiger partial charge on any atom is -0.334 e. The largest absolute Gasteiger partial charge is 0.334 e. The molecule has 3 rings (SSSR count). The zero-order chi connectivity index (χ0) is 20.3. The van der Waals surface area contributed by atoms with Gasteiger partial charge in [-0.25, -0.2) is 13.2 Å². The number of fused-ring (bicyclic) bond motifs is 1. The van der Waals surface area contributed by atoms with Crippen molar-refractivity contribution in [2.75, 3.05) is 21.9 Å². The van der Waals surface area contributed by atoms with Crippen LogP contribution in [-0.4, -0.2) is 26.9 Å². The Balaban J connectivity index is 1.74. The van der Waals surface area contributed by atoms with Gasteiger partial charge in [-0.15, -0.1) is 6.58 Å². The molecule has 2 aromatic carbocycles. The maximum absolute atomic E-state index is 12.7. The lowest BCUT2D eigenvalue weighted by Gasteiger charge is -2.12. The molecule has 0 unspecified atom stereocenters. The van der Waals surface area contributed by atoms with E-state index in [9.17, 15) is 18.0 Å². The van der Waals surface area contributed by atoms with Crippen LogP contribution in [0.4, 0.5) is 21.9 Å². The summed E-state index contributed by atoms with van der Waals surface area (Å²) in [5.41, 5.74) is 1.87. The molecule has 10 heteroatoms. The minimum atomic E-state index is -3.96. The number of hydrogen-bond donors (Lipinski definition) is 4. The minimum absolute atomic E-state index is 0.00521. The number of urea groups is 1. The number of halogens is 1. The summed E-state index contributed by atoms with van der Waals surface area (Å²) in [7, 11) is -3.96. The van der Waals surface area contributed by atoms with Crippen molar-refractivity contribution in [2.24, 2.45) is 0 Å². The van der Waals surface area contributed by atoms with Crippen molar-refractivity contribution in [2.45, 2.75) is 11.3 Å². The number of hydrogen-bond acceptors (Lipinski definition) is 4. The third kappa shape index (κ3) is 4.44. The van der Waals surface area contributed by atoms with Crippen LogP contribution in [0.3, 0.4) is 0 Å². The van der Waals surface area contributed by atoms with E-state index in [0.29, 0.717) is 29.2 Å². The van der Waals surface area contributed by atoms with Gasteiger partial charge in [-0.3, -0.25) is 9.52 Å². The Hall–Kier alpha value is -3.04. The molecule has 0 spiro atoms. The molecule has 3 amide bonds. The van der Waals surface area contributed by atoms with Crippen molar-refractivity contribution in [3.63, 3.8) is 0 Å². The summed E-state index contributed by atoms with van der Waals surface area (Å²) < 4.78 is 27.8. The molecular weight excluding hydrogens is 404 g/mol. The first kappa shape index (κ1) is 19.7. The van der Waals surface area contributed by atoms with Gasteiger partial charge in [0.15, 0.2) is 0 Å². The number of sulfonamides is 1. The first-order valence-electron chi connectivity index (χ1n) is 8.19. The average molecular weight is 421 g/mol. The number of carbonyl (C=O) groups excluding carboxylic acids is 2. The molecule has 8 nitrogen and oxygen atoms in total. The van der Waals surface area contributed by atoms with E-state index in [2.05, 4.69) is 27.3 Å². The zero-order valence-corrected chi connectivity index (χ0v) is 16.2. The van der Waals surface area contributed by atoms with Gasteiger partial charge in [0.25, 0.3) is 10.0 Å². The fraction of sp³-hybridized carbons (Fsp3) is 0.111. The molecule has 28 heavy (non-hydrogen) atoms. The predicted molar refractivity (Wildman–Crippen MR) is 108 cm³/mol. The fourth-order valence-corrected chi connectivity index (χ4v) is 4.24. The monoisotopic (exact) mass is 420 g/mol. The summed E-state index contributed by atoms with van der Waals surface area (Å²) in [6, 6.07) is 8.53. The van der Waals surface area contributed by atoms with Crippen molar-refractivity contribution in [1.29, 1.82) is 0 Å². The van der Waals surface area contributed by atoms with Crippen LogP contribution in [0.5, 0.6) is 0 Å². The smallest absolute Gasteiger partial charge is 0.319 e. The molecule has 0 atom stereocenters. The van der Waals surface area contributed by atoms with Crippen LogP contribution in [0.25, 0.3) is 0 Å². The highest BCUT2D eigenvalue weighted by Crippen LogP contribution is 2.33. The van der Waals surface area contributed by atoms with E-state index in [1.165, 1.54) is 24.3 Å². The molecule has 1 aliphatic rings. The summed E-state index contributed by atoms with van der Waals surface area (Å²) in [6.45, 7) is 3.83. The van der Waals surface area contributed by atoms with E-state index in [1.54, 1.807) is 18.2 Å². The van der Waals surface area contributed by atoms with Gasteiger partial charge in [0.05, 0.1) is 11.4 Å². The summed E-state index contributed by atoms with van der Waals surface area (Å²) >= 11 is 6.10. The van der Waals surface area contributed by atoms with E-state index >= 15 is 0 Å². The lowest BCUT2D eigenvalue weighted by atomic mass is 10.2. The Bertz CT molecular complexity index is 1050. The van der Waals surface area contributed by atoms with Gasteiger partial charge in [0.1, 0.15) is 4.90 Å². The second-order valence-corrected chi connectivity index (χ2v) is 8.03. The van der Waals surface area contributed by atoms with E-state index in [1.807, 2.05) is 0 Å². The number of nitrogens with one attached hydrogen (secondary N) is 4. The predicted octanol–water partition coefficient (Wildman–Crippen LogP) is 2.94. The van der Waals surface area contributed by atoms with Crippen molar-refractivity contribution in [1.82, 2.24) is 5.32 Å². The van der Waals surface area contributed by atoms with Crippen LogP contribution in [-0.2, 0) is 21.2 Å².